The van der Waals surface area contributed by atoms with Crippen LogP contribution in [-0.2, 0) is 17.9 Å². The summed E-state index contributed by atoms with van der Waals surface area (Å²) >= 11 is 7.60. The topological polar surface area (TPSA) is 70.1 Å². The predicted molar refractivity (Wildman–Crippen MR) is 91.9 cm³/mol. The van der Waals surface area contributed by atoms with Gasteiger partial charge in [-0.05, 0) is 31.0 Å². The molecule has 2 N–H and O–H groups in total. The number of imidazole rings is 1. The van der Waals surface area contributed by atoms with E-state index in [0.717, 1.165) is 22.2 Å². The Balaban J connectivity index is 2.38. The van der Waals surface area contributed by atoms with Gasteiger partial charge in [0.25, 0.3) is 0 Å². The quantitative estimate of drug-likeness (QED) is 0.834. The van der Waals surface area contributed by atoms with Gasteiger partial charge in [0.05, 0.1) is 5.69 Å². The molecule has 1 heterocycles. The number of nitrogens with zero attached hydrogens (tertiary/aromatic N) is 2. The van der Waals surface area contributed by atoms with Gasteiger partial charge in [-0.2, -0.15) is 0 Å². The van der Waals surface area contributed by atoms with E-state index in [-0.39, 0.29) is 12.5 Å². The molecule has 0 fully saturated rings. The van der Waals surface area contributed by atoms with Gasteiger partial charge in [-0.1, -0.05) is 43.3 Å². The molecule has 0 saturated heterocycles. The first kappa shape index (κ1) is 17.7. The Morgan fingerprint density at radius 3 is 2.78 bits per heavy atom. The van der Waals surface area contributed by atoms with Crippen molar-refractivity contribution >= 4 is 29.5 Å². The highest BCUT2D eigenvalue weighted by atomic mass is 35.5. The van der Waals surface area contributed by atoms with E-state index in [2.05, 4.69) is 23.4 Å². The minimum absolute atomic E-state index is 0.0685. The average molecular weight is 354 g/mol. The van der Waals surface area contributed by atoms with Crippen LogP contribution < -0.4 is 5.73 Å². The fourth-order valence-corrected chi connectivity index (χ4v) is 3.78. The van der Waals surface area contributed by atoms with Crippen LogP contribution in [0.1, 0.15) is 38.2 Å². The van der Waals surface area contributed by atoms with Crippen molar-refractivity contribution in [2.24, 2.45) is 5.73 Å². The summed E-state index contributed by atoms with van der Waals surface area (Å²) in [5.41, 5.74) is 6.17. The van der Waals surface area contributed by atoms with Gasteiger partial charge in [-0.25, -0.2) is 9.78 Å². The van der Waals surface area contributed by atoms with E-state index in [1.54, 1.807) is 11.8 Å². The molecule has 0 saturated carbocycles. The second-order valence-electron chi connectivity index (χ2n) is 5.28. The summed E-state index contributed by atoms with van der Waals surface area (Å²) in [6.07, 6.45) is -0.800. The van der Waals surface area contributed by atoms with Crippen molar-refractivity contribution in [3.8, 4) is 0 Å². The first-order valence-corrected chi connectivity index (χ1v) is 8.56. The van der Waals surface area contributed by atoms with E-state index < -0.39 is 6.09 Å². The van der Waals surface area contributed by atoms with Gasteiger partial charge in [-0.15, -0.1) is 0 Å². The third-order valence-corrected chi connectivity index (χ3v) is 4.49. The second kappa shape index (κ2) is 7.75. The van der Waals surface area contributed by atoms with Gasteiger partial charge >= 0.3 is 6.09 Å². The summed E-state index contributed by atoms with van der Waals surface area (Å²) in [6, 6.07) is 7.64. The summed E-state index contributed by atoms with van der Waals surface area (Å²) < 4.78 is 6.98. The highest BCUT2D eigenvalue weighted by Crippen LogP contribution is 2.35. The van der Waals surface area contributed by atoms with Crippen molar-refractivity contribution in [3.63, 3.8) is 0 Å². The van der Waals surface area contributed by atoms with Gasteiger partial charge in [0, 0.05) is 16.5 Å². The molecule has 124 valence electrons. The Morgan fingerprint density at radius 1 is 1.48 bits per heavy atom. The Labute approximate surface area is 145 Å². The van der Waals surface area contributed by atoms with Crippen LogP contribution in [0.2, 0.25) is 5.02 Å². The van der Waals surface area contributed by atoms with E-state index >= 15 is 0 Å². The minimum Gasteiger partial charge on any atom is -0.442 e. The Bertz CT molecular complexity index is 701. The third kappa shape index (κ3) is 4.42. The lowest BCUT2D eigenvalue weighted by Crippen LogP contribution is -2.15. The number of carbonyl (C=O) groups is 1. The van der Waals surface area contributed by atoms with E-state index in [0.29, 0.717) is 10.8 Å². The zero-order valence-electron chi connectivity index (χ0n) is 13.4. The molecule has 0 radical (unpaired) electrons. The maximum Gasteiger partial charge on any atom is 0.404 e. The minimum atomic E-state index is -0.800. The first-order valence-electron chi connectivity index (χ1n) is 7.37. The molecule has 0 aliphatic carbocycles. The standard InChI is InChI=1S/C16H20ClN3O2S/c1-4-20-13(9-22-16(18)21)19-15(14(20)10(2)3)23-12-7-5-6-11(17)8-12/h5-8,10H,4,9H2,1-3H3,(H2,18,21). The molecule has 1 amide bonds. The molecular formula is C16H20ClN3O2S. The van der Waals surface area contributed by atoms with E-state index in [4.69, 9.17) is 22.1 Å². The summed E-state index contributed by atoms with van der Waals surface area (Å²) in [6.45, 7) is 7.08. The van der Waals surface area contributed by atoms with Crippen LogP contribution in [-0.4, -0.2) is 15.6 Å². The number of hydrogen-bond acceptors (Lipinski definition) is 4. The van der Waals surface area contributed by atoms with Crippen LogP contribution in [0.3, 0.4) is 0 Å². The smallest absolute Gasteiger partial charge is 0.404 e. The number of amides is 1. The van der Waals surface area contributed by atoms with E-state index in [9.17, 15) is 4.79 Å². The number of rotatable bonds is 6. The summed E-state index contributed by atoms with van der Waals surface area (Å²) in [4.78, 5) is 16.5. The number of hydrogen-bond donors (Lipinski definition) is 1. The molecule has 0 unspecified atom stereocenters. The molecule has 23 heavy (non-hydrogen) atoms. The Kier molecular flexibility index (Phi) is 5.96. The number of ether oxygens (including phenoxy) is 1. The summed E-state index contributed by atoms with van der Waals surface area (Å²) in [7, 11) is 0. The largest absolute Gasteiger partial charge is 0.442 e. The molecule has 5 nitrogen and oxygen atoms in total. The zero-order valence-corrected chi connectivity index (χ0v) is 14.9. The van der Waals surface area contributed by atoms with Crippen molar-refractivity contribution < 1.29 is 9.53 Å². The van der Waals surface area contributed by atoms with Crippen molar-refractivity contribution in [1.82, 2.24) is 9.55 Å². The zero-order chi connectivity index (χ0) is 17.0. The number of nitrogens with two attached hydrogens (primary N) is 1. The third-order valence-electron chi connectivity index (χ3n) is 3.27. The van der Waals surface area contributed by atoms with Crippen LogP contribution in [0, 0.1) is 0 Å². The number of aromatic nitrogens is 2. The maximum absolute atomic E-state index is 10.9. The molecule has 2 aromatic rings. The van der Waals surface area contributed by atoms with Crippen LogP contribution >= 0.6 is 23.4 Å². The molecule has 1 aromatic carbocycles. The molecular weight excluding hydrogens is 334 g/mol. The van der Waals surface area contributed by atoms with Crippen LogP contribution in [0.25, 0.3) is 0 Å². The lowest BCUT2D eigenvalue weighted by atomic mass is 10.1. The Hall–Kier alpha value is -1.66. The SMILES string of the molecule is CCn1c(COC(N)=O)nc(Sc2cccc(Cl)c2)c1C(C)C. The molecule has 0 atom stereocenters. The van der Waals surface area contributed by atoms with Crippen molar-refractivity contribution in [1.29, 1.82) is 0 Å². The summed E-state index contributed by atoms with van der Waals surface area (Å²) in [5.74, 6) is 0.978. The molecule has 7 heteroatoms. The van der Waals surface area contributed by atoms with Crippen molar-refractivity contribution in [2.75, 3.05) is 0 Å². The second-order valence-corrected chi connectivity index (χ2v) is 6.78. The van der Waals surface area contributed by atoms with Crippen LogP contribution in [0.5, 0.6) is 0 Å². The maximum atomic E-state index is 10.9. The normalized spacial score (nSPS) is 11.0. The number of benzene rings is 1. The Morgan fingerprint density at radius 2 is 2.22 bits per heavy atom. The van der Waals surface area contributed by atoms with Crippen molar-refractivity contribution in [3.05, 3.63) is 40.8 Å². The van der Waals surface area contributed by atoms with Crippen LogP contribution in [0.4, 0.5) is 4.79 Å². The van der Waals surface area contributed by atoms with E-state index in [1.165, 1.54) is 0 Å². The summed E-state index contributed by atoms with van der Waals surface area (Å²) in [5, 5.41) is 1.58. The predicted octanol–water partition coefficient (Wildman–Crippen LogP) is 4.43. The molecule has 0 spiro atoms. The number of primary amides is 1. The lowest BCUT2D eigenvalue weighted by Gasteiger charge is -2.13. The van der Waals surface area contributed by atoms with Gasteiger partial charge in [0.2, 0.25) is 0 Å². The highest BCUT2D eigenvalue weighted by Gasteiger charge is 2.20. The monoisotopic (exact) mass is 353 g/mol. The lowest BCUT2D eigenvalue weighted by molar-refractivity contribution is 0.145. The molecule has 0 aliphatic rings. The number of halogens is 1. The fraction of sp³-hybridized carbons (Fsp3) is 0.375. The fourth-order valence-electron chi connectivity index (χ4n) is 2.36. The molecule has 0 aliphatic heterocycles. The average Bonchev–Trinajstić information content (AvgIpc) is 2.82. The number of carbonyl (C=O) groups excluding carboxylic acids is 1. The molecule has 2 rings (SSSR count). The van der Waals surface area contributed by atoms with Gasteiger partial charge in [0.1, 0.15) is 10.9 Å². The van der Waals surface area contributed by atoms with Gasteiger partial charge < -0.3 is 15.0 Å². The van der Waals surface area contributed by atoms with Crippen LogP contribution in [0.15, 0.2) is 34.2 Å². The molecule has 1 aromatic heterocycles. The first-order chi connectivity index (χ1) is 10.9. The molecule has 0 bridgehead atoms. The highest BCUT2D eigenvalue weighted by molar-refractivity contribution is 7.99. The van der Waals surface area contributed by atoms with Crippen molar-refractivity contribution in [2.45, 2.75) is 49.8 Å². The van der Waals surface area contributed by atoms with Gasteiger partial charge in [0.15, 0.2) is 6.61 Å². The van der Waals surface area contributed by atoms with Gasteiger partial charge in [-0.3, -0.25) is 0 Å². The van der Waals surface area contributed by atoms with E-state index in [1.807, 2.05) is 31.2 Å².